The Kier molecular flexibility index (Phi) is 5.00. The molecule has 5 heteroatoms. The van der Waals surface area contributed by atoms with Crippen molar-refractivity contribution in [3.63, 3.8) is 0 Å². The summed E-state index contributed by atoms with van der Waals surface area (Å²) in [6, 6.07) is 9.99. The molecule has 1 amide bonds. The number of hydrogen-bond donors (Lipinski definition) is 3. The van der Waals surface area contributed by atoms with Gasteiger partial charge >= 0.3 is 0 Å². The molecule has 2 rings (SSSR count). The minimum atomic E-state index is -0.165. The van der Waals surface area contributed by atoms with Gasteiger partial charge in [-0.25, -0.2) is 0 Å². The Labute approximate surface area is 128 Å². The number of aryl methyl sites for hydroxylation is 1. The molecule has 0 aliphatic rings. The Hall–Kier alpha value is -2.27. The molecule has 0 spiro atoms. The Balaban J connectivity index is 2.04. The van der Waals surface area contributed by atoms with Crippen LogP contribution in [-0.4, -0.2) is 12.5 Å². The van der Waals surface area contributed by atoms with Crippen LogP contribution in [0.2, 0.25) is 0 Å². The second-order valence-corrected chi connectivity index (χ2v) is 5.73. The SMILES string of the molecule is C=CCNC(=O)c1sc(NCc2ccccc2C)cc1N. The maximum Gasteiger partial charge on any atom is 0.263 e. The zero-order chi connectivity index (χ0) is 15.2. The average Bonchev–Trinajstić information content (AvgIpc) is 2.85. The molecule has 1 aromatic heterocycles. The van der Waals surface area contributed by atoms with Gasteiger partial charge in [-0.1, -0.05) is 30.3 Å². The Bertz CT molecular complexity index is 649. The number of thiophene rings is 1. The van der Waals surface area contributed by atoms with Crippen molar-refractivity contribution in [3.05, 3.63) is 59.0 Å². The second-order valence-electron chi connectivity index (χ2n) is 4.67. The van der Waals surface area contributed by atoms with E-state index in [2.05, 4.69) is 36.3 Å². The smallest absolute Gasteiger partial charge is 0.263 e. The number of nitrogens with one attached hydrogen (secondary N) is 2. The number of hydrogen-bond acceptors (Lipinski definition) is 4. The van der Waals surface area contributed by atoms with E-state index >= 15 is 0 Å². The number of anilines is 2. The summed E-state index contributed by atoms with van der Waals surface area (Å²) in [5.41, 5.74) is 8.85. The van der Waals surface area contributed by atoms with Crippen LogP contribution in [0.4, 0.5) is 10.7 Å². The highest BCUT2D eigenvalue weighted by Gasteiger charge is 2.13. The Morgan fingerprint density at radius 1 is 1.43 bits per heavy atom. The van der Waals surface area contributed by atoms with Gasteiger partial charge in [0.05, 0.1) is 10.7 Å². The third kappa shape index (κ3) is 3.86. The van der Waals surface area contributed by atoms with Crippen LogP contribution in [0, 0.1) is 6.92 Å². The number of rotatable bonds is 6. The number of nitrogen functional groups attached to an aromatic ring is 1. The number of nitrogens with two attached hydrogens (primary N) is 1. The van der Waals surface area contributed by atoms with Crippen molar-refractivity contribution in [1.29, 1.82) is 0 Å². The zero-order valence-electron chi connectivity index (χ0n) is 12.0. The van der Waals surface area contributed by atoms with E-state index in [1.54, 1.807) is 12.1 Å². The van der Waals surface area contributed by atoms with Crippen molar-refractivity contribution in [2.24, 2.45) is 0 Å². The summed E-state index contributed by atoms with van der Waals surface area (Å²) in [5.74, 6) is -0.165. The van der Waals surface area contributed by atoms with Crippen LogP contribution in [0.5, 0.6) is 0 Å². The molecule has 0 radical (unpaired) electrons. The van der Waals surface area contributed by atoms with Gasteiger partial charge in [-0.3, -0.25) is 4.79 Å². The summed E-state index contributed by atoms with van der Waals surface area (Å²) in [4.78, 5) is 12.4. The van der Waals surface area contributed by atoms with E-state index in [-0.39, 0.29) is 5.91 Å². The van der Waals surface area contributed by atoms with Gasteiger partial charge < -0.3 is 16.4 Å². The van der Waals surface area contributed by atoms with Gasteiger partial charge in [-0.2, -0.15) is 0 Å². The summed E-state index contributed by atoms with van der Waals surface area (Å²) in [7, 11) is 0. The fourth-order valence-electron chi connectivity index (χ4n) is 1.91. The van der Waals surface area contributed by atoms with Gasteiger partial charge in [0.2, 0.25) is 0 Å². The summed E-state index contributed by atoms with van der Waals surface area (Å²) < 4.78 is 0. The van der Waals surface area contributed by atoms with Crippen LogP contribution in [0.25, 0.3) is 0 Å². The maximum absolute atomic E-state index is 11.9. The van der Waals surface area contributed by atoms with Crippen LogP contribution in [0.1, 0.15) is 20.8 Å². The lowest BCUT2D eigenvalue weighted by atomic mass is 10.1. The summed E-state index contributed by atoms with van der Waals surface area (Å²) in [6.07, 6.45) is 1.64. The molecule has 4 N–H and O–H groups in total. The van der Waals surface area contributed by atoms with E-state index in [9.17, 15) is 4.79 Å². The summed E-state index contributed by atoms with van der Waals surface area (Å²) in [5, 5.41) is 6.93. The molecular formula is C16H19N3OS. The van der Waals surface area contributed by atoms with Gasteiger partial charge in [0.1, 0.15) is 4.88 Å². The first-order chi connectivity index (χ1) is 10.1. The van der Waals surface area contributed by atoms with Crippen molar-refractivity contribution in [3.8, 4) is 0 Å². The lowest BCUT2D eigenvalue weighted by Gasteiger charge is -2.06. The van der Waals surface area contributed by atoms with Gasteiger partial charge in [0.15, 0.2) is 0 Å². The Morgan fingerprint density at radius 2 is 2.19 bits per heavy atom. The van der Waals surface area contributed by atoms with Gasteiger partial charge in [0, 0.05) is 13.1 Å². The molecule has 0 fully saturated rings. The average molecular weight is 301 g/mol. The van der Waals surface area contributed by atoms with E-state index in [0.29, 0.717) is 23.7 Å². The minimum Gasteiger partial charge on any atom is -0.397 e. The van der Waals surface area contributed by atoms with Crippen molar-refractivity contribution in [1.82, 2.24) is 5.32 Å². The normalized spacial score (nSPS) is 10.1. The fourth-order valence-corrected chi connectivity index (χ4v) is 2.80. The molecule has 0 unspecified atom stereocenters. The van der Waals surface area contributed by atoms with Gasteiger partial charge in [0.25, 0.3) is 5.91 Å². The molecule has 0 saturated carbocycles. The molecule has 110 valence electrons. The predicted molar refractivity (Wildman–Crippen MR) is 89.8 cm³/mol. The maximum atomic E-state index is 11.9. The third-order valence-electron chi connectivity index (χ3n) is 3.09. The molecule has 2 aromatic rings. The monoisotopic (exact) mass is 301 g/mol. The molecule has 1 aromatic carbocycles. The molecule has 1 heterocycles. The zero-order valence-corrected chi connectivity index (χ0v) is 12.8. The van der Waals surface area contributed by atoms with Crippen molar-refractivity contribution < 1.29 is 4.79 Å². The second kappa shape index (κ2) is 6.95. The summed E-state index contributed by atoms with van der Waals surface area (Å²) in [6.45, 7) is 6.79. The highest BCUT2D eigenvalue weighted by Crippen LogP contribution is 2.29. The van der Waals surface area contributed by atoms with E-state index in [4.69, 9.17) is 5.73 Å². The highest BCUT2D eigenvalue weighted by molar-refractivity contribution is 7.18. The van der Waals surface area contributed by atoms with E-state index in [0.717, 1.165) is 5.00 Å². The quantitative estimate of drug-likeness (QED) is 0.718. The molecule has 0 aliphatic carbocycles. The lowest BCUT2D eigenvalue weighted by Crippen LogP contribution is -2.22. The van der Waals surface area contributed by atoms with Crippen LogP contribution >= 0.6 is 11.3 Å². The van der Waals surface area contributed by atoms with Crippen LogP contribution in [-0.2, 0) is 6.54 Å². The number of benzene rings is 1. The molecule has 0 bridgehead atoms. The molecule has 0 atom stereocenters. The fraction of sp³-hybridized carbons (Fsp3) is 0.188. The van der Waals surface area contributed by atoms with E-state index in [1.807, 2.05) is 12.1 Å². The van der Waals surface area contributed by atoms with Gasteiger partial charge in [-0.05, 0) is 24.1 Å². The number of carbonyl (C=O) groups is 1. The Morgan fingerprint density at radius 3 is 2.90 bits per heavy atom. The highest BCUT2D eigenvalue weighted by atomic mass is 32.1. The molecule has 21 heavy (non-hydrogen) atoms. The lowest BCUT2D eigenvalue weighted by molar-refractivity contribution is 0.0963. The standard InChI is InChI=1S/C16H19N3OS/c1-3-8-18-16(20)15-13(17)9-14(21-15)19-10-12-7-5-4-6-11(12)2/h3-7,9,19H,1,8,10,17H2,2H3,(H,18,20). The number of amides is 1. The molecule has 0 aliphatic heterocycles. The van der Waals surface area contributed by atoms with Crippen molar-refractivity contribution in [2.45, 2.75) is 13.5 Å². The number of carbonyl (C=O) groups excluding carboxylic acids is 1. The van der Waals surface area contributed by atoms with Crippen molar-refractivity contribution in [2.75, 3.05) is 17.6 Å². The topological polar surface area (TPSA) is 67.2 Å². The first kappa shape index (κ1) is 15.1. The summed E-state index contributed by atoms with van der Waals surface area (Å²) >= 11 is 1.36. The molecule has 0 saturated heterocycles. The van der Waals surface area contributed by atoms with Crippen LogP contribution < -0.4 is 16.4 Å². The van der Waals surface area contributed by atoms with Gasteiger partial charge in [-0.15, -0.1) is 17.9 Å². The molecular weight excluding hydrogens is 282 g/mol. The first-order valence-electron chi connectivity index (χ1n) is 6.68. The molecule has 4 nitrogen and oxygen atoms in total. The predicted octanol–water partition coefficient (Wildman–Crippen LogP) is 3.17. The minimum absolute atomic E-state index is 0.165. The van der Waals surface area contributed by atoms with Crippen LogP contribution in [0.15, 0.2) is 43.0 Å². The van der Waals surface area contributed by atoms with E-state index in [1.165, 1.54) is 22.5 Å². The largest absolute Gasteiger partial charge is 0.397 e. The first-order valence-corrected chi connectivity index (χ1v) is 7.50. The van der Waals surface area contributed by atoms with Crippen molar-refractivity contribution >= 4 is 27.9 Å². The third-order valence-corrected chi connectivity index (χ3v) is 4.20. The van der Waals surface area contributed by atoms with Crippen LogP contribution in [0.3, 0.4) is 0 Å². The van der Waals surface area contributed by atoms with E-state index < -0.39 is 0 Å².